The molecule has 19 heavy (non-hydrogen) atoms. The summed E-state index contributed by atoms with van der Waals surface area (Å²) in [6.45, 7) is 4.38. The van der Waals surface area contributed by atoms with Gasteiger partial charge in [-0.1, -0.05) is 19.1 Å². The Morgan fingerprint density at radius 1 is 1.00 bits per heavy atom. The number of benzene rings is 1. The number of nitrogens with zero attached hydrogens (tertiary/aromatic N) is 3. The van der Waals surface area contributed by atoms with Gasteiger partial charge in [-0.15, -0.1) is 4.98 Å². The SMILES string of the molecule is CCOc1nc(Cl)nc(Oc2ccc(CC)cc2)n1. The van der Waals surface area contributed by atoms with Gasteiger partial charge in [0.2, 0.25) is 5.28 Å². The van der Waals surface area contributed by atoms with Crippen LogP contribution in [0.3, 0.4) is 0 Å². The van der Waals surface area contributed by atoms with Gasteiger partial charge < -0.3 is 9.47 Å². The molecular weight excluding hydrogens is 266 g/mol. The molecule has 1 aromatic heterocycles. The third kappa shape index (κ3) is 3.79. The molecule has 0 bridgehead atoms. The number of hydrogen-bond acceptors (Lipinski definition) is 5. The van der Waals surface area contributed by atoms with E-state index >= 15 is 0 Å². The number of hydrogen-bond donors (Lipinski definition) is 0. The lowest BCUT2D eigenvalue weighted by Gasteiger charge is -2.06. The van der Waals surface area contributed by atoms with Crippen molar-refractivity contribution in [1.82, 2.24) is 15.0 Å². The van der Waals surface area contributed by atoms with Crippen LogP contribution in [0.15, 0.2) is 24.3 Å². The van der Waals surface area contributed by atoms with Crippen LogP contribution in [0.2, 0.25) is 5.28 Å². The minimum atomic E-state index is 0.0404. The summed E-state index contributed by atoms with van der Waals surface area (Å²) in [4.78, 5) is 11.7. The topological polar surface area (TPSA) is 57.1 Å². The van der Waals surface area contributed by atoms with E-state index in [1.807, 2.05) is 31.2 Å². The Morgan fingerprint density at radius 2 is 1.68 bits per heavy atom. The van der Waals surface area contributed by atoms with E-state index in [2.05, 4.69) is 21.9 Å². The number of aromatic nitrogens is 3. The quantitative estimate of drug-likeness (QED) is 0.841. The van der Waals surface area contributed by atoms with Crippen LogP contribution in [-0.4, -0.2) is 21.6 Å². The summed E-state index contributed by atoms with van der Waals surface area (Å²) in [5.41, 5.74) is 1.23. The first-order chi connectivity index (χ1) is 9.21. The fourth-order valence-electron chi connectivity index (χ4n) is 1.45. The Hall–Kier alpha value is -1.88. The van der Waals surface area contributed by atoms with Crippen molar-refractivity contribution in [2.24, 2.45) is 0 Å². The third-order valence-corrected chi connectivity index (χ3v) is 2.55. The summed E-state index contributed by atoms with van der Waals surface area (Å²) in [6, 6.07) is 7.96. The van der Waals surface area contributed by atoms with Crippen molar-refractivity contribution in [3.8, 4) is 17.8 Å². The zero-order chi connectivity index (χ0) is 13.7. The van der Waals surface area contributed by atoms with Crippen LogP contribution >= 0.6 is 11.6 Å². The second-order valence-corrected chi connectivity index (χ2v) is 4.04. The van der Waals surface area contributed by atoms with Gasteiger partial charge in [-0.25, -0.2) is 0 Å². The van der Waals surface area contributed by atoms with Gasteiger partial charge in [0, 0.05) is 0 Å². The smallest absolute Gasteiger partial charge is 0.329 e. The van der Waals surface area contributed by atoms with E-state index < -0.39 is 0 Å². The van der Waals surface area contributed by atoms with E-state index in [0.29, 0.717) is 12.4 Å². The Kier molecular flexibility index (Phi) is 4.52. The second kappa shape index (κ2) is 6.33. The van der Waals surface area contributed by atoms with Gasteiger partial charge in [-0.05, 0) is 42.6 Å². The van der Waals surface area contributed by atoms with Gasteiger partial charge in [0.1, 0.15) is 5.75 Å². The molecule has 1 heterocycles. The molecule has 0 aliphatic heterocycles. The van der Waals surface area contributed by atoms with Crippen LogP contribution in [0.4, 0.5) is 0 Å². The first-order valence-corrected chi connectivity index (χ1v) is 6.40. The monoisotopic (exact) mass is 279 g/mol. The summed E-state index contributed by atoms with van der Waals surface area (Å²) < 4.78 is 10.7. The molecule has 0 aliphatic carbocycles. The summed E-state index contributed by atoms with van der Waals surface area (Å²) in [7, 11) is 0. The minimum absolute atomic E-state index is 0.0404. The maximum absolute atomic E-state index is 5.78. The Balaban J connectivity index is 2.17. The standard InChI is InChI=1S/C13H14ClN3O2/c1-3-9-5-7-10(8-6-9)19-13-16-11(14)15-12(17-13)18-4-2/h5-8H,3-4H2,1-2H3. The zero-order valence-corrected chi connectivity index (χ0v) is 11.5. The van der Waals surface area contributed by atoms with Crippen LogP contribution in [-0.2, 0) is 6.42 Å². The highest BCUT2D eigenvalue weighted by molar-refractivity contribution is 6.28. The lowest BCUT2D eigenvalue weighted by atomic mass is 10.2. The summed E-state index contributed by atoms with van der Waals surface area (Å²) in [5, 5.41) is 0.0404. The fourth-order valence-corrected chi connectivity index (χ4v) is 1.60. The average molecular weight is 280 g/mol. The van der Waals surface area contributed by atoms with Gasteiger partial charge in [0.05, 0.1) is 6.61 Å². The van der Waals surface area contributed by atoms with Crippen LogP contribution in [0.5, 0.6) is 17.8 Å². The molecule has 0 aliphatic rings. The van der Waals surface area contributed by atoms with Crippen LogP contribution in [0, 0.1) is 0 Å². The molecule has 6 heteroatoms. The highest BCUT2D eigenvalue weighted by Crippen LogP contribution is 2.21. The van der Waals surface area contributed by atoms with Crippen molar-refractivity contribution >= 4 is 11.6 Å². The van der Waals surface area contributed by atoms with Gasteiger partial charge in [0.15, 0.2) is 0 Å². The van der Waals surface area contributed by atoms with Crippen LogP contribution in [0.25, 0.3) is 0 Å². The molecule has 0 saturated heterocycles. The van der Waals surface area contributed by atoms with E-state index in [0.717, 1.165) is 6.42 Å². The van der Waals surface area contributed by atoms with E-state index in [4.69, 9.17) is 21.1 Å². The van der Waals surface area contributed by atoms with Crippen molar-refractivity contribution in [3.05, 3.63) is 35.1 Å². The van der Waals surface area contributed by atoms with E-state index in [1.54, 1.807) is 0 Å². The summed E-state index contributed by atoms with van der Waals surface area (Å²) >= 11 is 5.78. The van der Waals surface area contributed by atoms with Crippen LogP contribution < -0.4 is 9.47 Å². The molecule has 0 N–H and O–H groups in total. The number of rotatable bonds is 5. The predicted octanol–water partition coefficient (Wildman–Crippen LogP) is 3.28. The predicted molar refractivity (Wildman–Crippen MR) is 71.9 cm³/mol. The second-order valence-electron chi connectivity index (χ2n) is 3.70. The molecule has 0 unspecified atom stereocenters. The molecule has 100 valence electrons. The van der Waals surface area contributed by atoms with Crippen molar-refractivity contribution in [3.63, 3.8) is 0 Å². The zero-order valence-electron chi connectivity index (χ0n) is 10.8. The number of halogens is 1. The number of ether oxygens (including phenoxy) is 2. The highest BCUT2D eigenvalue weighted by Gasteiger charge is 2.07. The van der Waals surface area contributed by atoms with E-state index in [9.17, 15) is 0 Å². The molecule has 0 amide bonds. The number of aryl methyl sites for hydroxylation is 1. The van der Waals surface area contributed by atoms with Crippen LogP contribution in [0.1, 0.15) is 19.4 Å². The first kappa shape index (κ1) is 13.5. The Morgan fingerprint density at radius 3 is 2.32 bits per heavy atom. The highest BCUT2D eigenvalue weighted by atomic mass is 35.5. The average Bonchev–Trinajstić information content (AvgIpc) is 2.39. The fraction of sp³-hybridized carbons (Fsp3) is 0.308. The van der Waals surface area contributed by atoms with Gasteiger partial charge in [-0.2, -0.15) is 9.97 Å². The van der Waals surface area contributed by atoms with Gasteiger partial charge >= 0.3 is 12.0 Å². The van der Waals surface area contributed by atoms with Gasteiger partial charge in [-0.3, -0.25) is 0 Å². The molecule has 0 atom stereocenters. The lowest BCUT2D eigenvalue weighted by Crippen LogP contribution is -2.01. The van der Waals surface area contributed by atoms with Crippen molar-refractivity contribution < 1.29 is 9.47 Å². The first-order valence-electron chi connectivity index (χ1n) is 6.02. The largest absolute Gasteiger partial charge is 0.464 e. The van der Waals surface area contributed by atoms with Gasteiger partial charge in [0.25, 0.3) is 0 Å². The normalized spacial score (nSPS) is 10.3. The molecule has 0 fully saturated rings. The molecule has 2 rings (SSSR count). The molecule has 5 nitrogen and oxygen atoms in total. The Labute approximate surface area is 116 Å². The van der Waals surface area contributed by atoms with Crippen molar-refractivity contribution in [2.45, 2.75) is 20.3 Å². The van der Waals surface area contributed by atoms with E-state index in [-0.39, 0.29) is 17.3 Å². The summed E-state index contributed by atoms with van der Waals surface area (Å²) in [5.74, 6) is 0.641. The van der Waals surface area contributed by atoms with Crippen molar-refractivity contribution in [1.29, 1.82) is 0 Å². The summed E-state index contributed by atoms with van der Waals surface area (Å²) in [6.07, 6.45) is 0.979. The third-order valence-electron chi connectivity index (χ3n) is 2.38. The van der Waals surface area contributed by atoms with Crippen molar-refractivity contribution in [2.75, 3.05) is 6.61 Å². The lowest BCUT2D eigenvalue weighted by molar-refractivity contribution is 0.303. The molecule has 0 radical (unpaired) electrons. The molecule has 2 aromatic rings. The maximum Gasteiger partial charge on any atom is 0.329 e. The molecular formula is C13H14ClN3O2. The van der Waals surface area contributed by atoms with E-state index in [1.165, 1.54) is 5.56 Å². The Bertz CT molecular complexity index is 546. The molecule has 0 spiro atoms. The molecule has 0 saturated carbocycles. The molecule has 1 aromatic carbocycles. The maximum atomic E-state index is 5.78. The minimum Gasteiger partial charge on any atom is -0.464 e.